The number of aromatic hydroxyl groups is 1. The molecule has 5 aromatic rings. The Kier molecular flexibility index (Phi) is 5.88. The van der Waals surface area contributed by atoms with E-state index in [-0.39, 0.29) is 23.9 Å². The van der Waals surface area contributed by atoms with Gasteiger partial charge < -0.3 is 9.51 Å². The van der Waals surface area contributed by atoms with Crippen LogP contribution in [0.4, 0.5) is 8.78 Å². The third-order valence-corrected chi connectivity index (χ3v) is 6.70. The van der Waals surface area contributed by atoms with Crippen molar-refractivity contribution in [3.63, 3.8) is 0 Å². The number of aromatic nitrogens is 6. The number of imidazole rings is 1. The molecule has 0 atom stereocenters. The van der Waals surface area contributed by atoms with E-state index in [9.17, 15) is 13.9 Å². The van der Waals surface area contributed by atoms with Crippen LogP contribution < -0.4 is 0 Å². The van der Waals surface area contributed by atoms with Gasteiger partial charge in [0.25, 0.3) is 0 Å². The van der Waals surface area contributed by atoms with E-state index < -0.39 is 12.5 Å². The van der Waals surface area contributed by atoms with Crippen LogP contribution in [0.3, 0.4) is 0 Å². The lowest BCUT2D eigenvalue weighted by atomic mass is 9.95. The third kappa shape index (κ3) is 4.55. The summed E-state index contributed by atoms with van der Waals surface area (Å²) in [5, 5.41) is 23.7. The van der Waals surface area contributed by atoms with Gasteiger partial charge in [0.1, 0.15) is 12.4 Å². The molecular weight excluding hydrogens is 476 g/mol. The van der Waals surface area contributed by atoms with Gasteiger partial charge in [-0.15, -0.1) is 0 Å². The summed E-state index contributed by atoms with van der Waals surface area (Å²) in [7, 11) is 0. The Morgan fingerprint density at radius 3 is 2.65 bits per heavy atom. The molecule has 6 rings (SSSR count). The fraction of sp³-hybridized carbons (Fsp3) is 0.259. The molecule has 0 saturated carbocycles. The molecule has 0 aliphatic carbocycles. The number of hydrogen-bond donors (Lipinski definition) is 1. The smallest absolute Gasteiger partial charge is 0.173 e. The molecule has 4 aromatic heterocycles. The topological polar surface area (TPSA) is 84.4 Å². The second-order valence-electron chi connectivity index (χ2n) is 9.46. The molecule has 0 spiro atoms. The predicted octanol–water partition coefficient (Wildman–Crippen LogP) is 4.38. The zero-order chi connectivity index (χ0) is 25.5. The summed E-state index contributed by atoms with van der Waals surface area (Å²) in [6, 6.07) is 10.4. The largest absolute Gasteiger partial charge is 0.507 e. The summed E-state index contributed by atoms with van der Waals surface area (Å²) >= 11 is 0. The van der Waals surface area contributed by atoms with Crippen LogP contribution in [-0.4, -0.2) is 59.1 Å². The normalized spacial score (nSPS) is 14.4. The van der Waals surface area contributed by atoms with Gasteiger partial charge in [-0.3, -0.25) is 9.58 Å². The van der Waals surface area contributed by atoms with E-state index in [2.05, 4.69) is 25.2 Å². The number of aryl methyl sites for hydroxylation is 2. The highest BCUT2D eigenvalue weighted by Gasteiger charge is 2.29. The molecule has 1 fully saturated rings. The number of phenols is 1. The second-order valence-corrected chi connectivity index (χ2v) is 9.46. The van der Waals surface area contributed by atoms with Crippen molar-refractivity contribution >= 4 is 5.65 Å². The monoisotopic (exact) mass is 501 g/mol. The Morgan fingerprint density at radius 1 is 1.03 bits per heavy atom. The number of pyridine rings is 1. The first-order valence-electron chi connectivity index (χ1n) is 12.1. The number of nitrogens with zero attached hydrogens (tertiary/aromatic N) is 7. The maximum atomic E-state index is 14.5. The lowest BCUT2D eigenvalue weighted by Crippen LogP contribution is -2.44. The van der Waals surface area contributed by atoms with Gasteiger partial charge in [0.05, 0.1) is 29.8 Å². The molecule has 1 aliphatic heterocycles. The number of rotatable bonds is 7. The lowest BCUT2D eigenvalue weighted by molar-refractivity contribution is 0.136. The Balaban J connectivity index is 1.13. The zero-order valence-corrected chi connectivity index (χ0v) is 20.2. The van der Waals surface area contributed by atoms with Crippen LogP contribution in [0.2, 0.25) is 0 Å². The molecule has 1 N–H and O–H groups in total. The van der Waals surface area contributed by atoms with Gasteiger partial charge in [0, 0.05) is 60.8 Å². The first-order valence-corrected chi connectivity index (χ1v) is 12.1. The fourth-order valence-corrected chi connectivity index (χ4v) is 4.81. The van der Waals surface area contributed by atoms with E-state index in [0.717, 1.165) is 36.6 Å². The number of fused-ring (bicyclic) bond motifs is 1. The van der Waals surface area contributed by atoms with E-state index >= 15 is 0 Å². The standard InChI is InChI=1S/C27H25F2N7O/c1-17-11-35-16-20(8-23(29)27(35)31-17)19-2-3-22(26(37)9-19)25-5-4-24(32-33-25)21-14-34(15-21)12-18-10-30-36(13-18)7-6-28/h2-5,8-11,13,16,21,37H,6-7,12,14-15H2,1H3. The quantitative estimate of drug-likeness (QED) is 0.356. The van der Waals surface area contributed by atoms with Gasteiger partial charge in [-0.25, -0.2) is 13.8 Å². The summed E-state index contributed by atoms with van der Waals surface area (Å²) in [6.07, 6.45) is 7.21. The van der Waals surface area contributed by atoms with Crippen LogP contribution >= 0.6 is 0 Å². The Hall–Kier alpha value is -4.18. The molecular formula is C27H25F2N7O. The molecule has 0 amide bonds. The van der Waals surface area contributed by atoms with Crippen molar-refractivity contribution < 1.29 is 13.9 Å². The van der Waals surface area contributed by atoms with Gasteiger partial charge in [0.2, 0.25) is 0 Å². The van der Waals surface area contributed by atoms with Crippen molar-refractivity contribution in [1.82, 2.24) is 34.3 Å². The summed E-state index contributed by atoms with van der Waals surface area (Å²) in [4.78, 5) is 6.47. The van der Waals surface area contributed by atoms with E-state index in [1.54, 1.807) is 39.8 Å². The summed E-state index contributed by atoms with van der Waals surface area (Å²) in [5.41, 5.74) is 5.42. The van der Waals surface area contributed by atoms with Crippen molar-refractivity contribution in [1.29, 1.82) is 0 Å². The van der Waals surface area contributed by atoms with E-state index in [1.165, 1.54) is 6.07 Å². The number of hydrogen-bond acceptors (Lipinski definition) is 6. The maximum Gasteiger partial charge on any atom is 0.173 e. The summed E-state index contributed by atoms with van der Waals surface area (Å²) < 4.78 is 30.2. The fourth-order valence-electron chi connectivity index (χ4n) is 4.81. The number of halogens is 2. The van der Waals surface area contributed by atoms with E-state index in [1.807, 2.05) is 31.3 Å². The number of alkyl halides is 1. The second kappa shape index (κ2) is 9.36. The molecule has 5 heterocycles. The van der Waals surface area contributed by atoms with Gasteiger partial charge in [-0.2, -0.15) is 15.3 Å². The van der Waals surface area contributed by atoms with Crippen molar-refractivity contribution in [3.8, 4) is 28.1 Å². The number of likely N-dealkylation sites (tertiary alicyclic amines) is 1. The van der Waals surface area contributed by atoms with Crippen LogP contribution in [0.1, 0.15) is 22.9 Å². The van der Waals surface area contributed by atoms with Crippen LogP contribution in [0.5, 0.6) is 5.75 Å². The van der Waals surface area contributed by atoms with Crippen LogP contribution in [-0.2, 0) is 13.1 Å². The highest BCUT2D eigenvalue weighted by atomic mass is 19.1. The molecule has 0 unspecified atom stereocenters. The van der Waals surface area contributed by atoms with Crippen molar-refractivity contribution in [2.75, 3.05) is 19.8 Å². The minimum atomic E-state index is -0.425. The van der Waals surface area contributed by atoms with Gasteiger partial charge in [-0.1, -0.05) is 6.07 Å². The number of benzene rings is 1. The van der Waals surface area contributed by atoms with Gasteiger partial charge in [-0.05, 0) is 42.8 Å². The summed E-state index contributed by atoms with van der Waals surface area (Å²) in [6.45, 7) is 4.16. The van der Waals surface area contributed by atoms with Crippen LogP contribution in [0.25, 0.3) is 28.0 Å². The Bertz CT molecular complexity index is 1570. The number of phenolic OH excluding ortho intramolecular Hbond substituents is 1. The molecule has 1 saturated heterocycles. The molecule has 1 aliphatic rings. The van der Waals surface area contributed by atoms with Gasteiger partial charge >= 0.3 is 0 Å². The minimum absolute atomic E-state index is 0.0463. The molecule has 37 heavy (non-hydrogen) atoms. The van der Waals surface area contributed by atoms with Crippen LogP contribution in [0.15, 0.2) is 61.2 Å². The molecule has 10 heteroatoms. The van der Waals surface area contributed by atoms with E-state index in [0.29, 0.717) is 22.4 Å². The molecule has 0 bridgehead atoms. The Labute approximate surface area is 211 Å². The van der Waals surface area contributed by atoms with Crippen molar-refractivity contribution in [2.24, 2.45) is 0 Å². The lowest BCUT2D eigenvalue weighted by Gasteiger charge is -2.38. The minimum Gasteiger partial charge on any atom is -0.507 e. The first-order chi connectivity index (χ1) is 18.0. The van der Waals surface area contributed by atoms with E-state index in [4.69, 9.17) is 0 Å². The molecule has 0 radical (unpaired) electrons. The highest BCUT2D eigenvalue weighted by molar-refractivity contribution is 5.74. The Morgan fingerprint density at radius 2 is 1.89 bits per heavy atom. The van der Waals surface area contributed by atoms with Gasteiger partial charge in [0.15, 0.2) is 11.5 Å². The van der Waals surface area contributed by atoms with Crippen molar-refractivity contribution in [3.05, 3.63) is 84.0 Å². The predicted molar refractivity (Wildman–Crippen MR) is 134 cm³/mol. The zero-order valence-electron chi connectivity index (χ0n) is 20.2. The average molecular weight is 502 g/mol. The van der Waals surface area contributed by atoms with Crippen molar-refractivity contribution in [2.45, 2.75) is 25.9 Å². The maximum absolute atomic E-state index is 14.5. The first kappa shape index (κ1) is 23.2. The average Bonchev–Trinajstić information content (AvgIpc) is 3.47. The highest BCUT2D eigenvalue weighted by Crippen LogP contribution is 2.34. The molecule has 8 nitrogen and oxygen atoms in total. The van der Waals surface area contributed by atoms with Crippen LogP contribution in [0, 0.1) is 12.7 Å². The third-order valence-electron chi connectivity index (χ3n) is 6.70. The molecule has 1 aromatic carbocycles. The molecule has 188 valence electrons. The summed E-state index contributed by atoms with van der Waals surface area (Å²) in [5.74, 6) is -0.0860. The SMILES string of the molecule is Cc1cn2cc(-c3ccc(-c4ccc(C5CN(Cc6cnn(CCF)c6)C5)nn4)c(O)c3)cc(F)c2n1.